The number of aryl methyl sites for hydroxylation is 2. The van der Waals surface area contributed by atoms with Gasteiger partial charge in [-0.25, -0.2) is 13.4 Å². The van der Waals surface area contributed by atoms with Gasteiger partial charge < -0.3 is 0 Å². The van der Waals surface area contributed by atoms with Crippen molar-refractivity contribution in [3.63, 3.8) is 0 Å². The molecule has 0 atom stereocenters. The lowest BCUT2D eigenvalue weighted by Crippen LogP contribution is -2.12. The van der Waals surface area contributed by atoms with E-state index >= 15 is 0 Å². The molecule has 0 unspecified atom stereocenters. The van der Waals surface area contributed by atoms with Crippen LogP contribution >= 0.6 is 34.3 Å². The second-order valence-electron chi connectivity index (χ2n) is 4.04. The molecule has 0 radical (unpaired) electrons. The van der Waals surface area contributed by atoms with Gasteiger partial charge in [-0.15, -0.1) is 11.3 Å². The molecule has 2 rings (SSSR count). The minimum Gasteiger partial charge on any atom is -0.269 e. The molecular weight excluding hydrogens is 338 g/mol. The molecule has 0 saturated carbocycles. The summed E-state index contributed by atoms with van der Waals surface area (Å²) in [4.78, 5) is 4.79. The first-order valence-corrected chi connectivity index (χ1v) is 8.91. The highest BCUT2D eigenvalue weighted by atomic mass is 35.5. The van der Waals surface area contributed by atoms with Crippen molar-refractivity contribution < 1.29 is 8.42 Å². The molecule has 2 aromatic rings. The van der Waals surface area contributed by atoms with Gasteiger partial charge in [0.2, 0.25) is 0 Å². The van der Waals surface area contributed by atoms with Gasteiger partial charge in [-0.1, -0.05) is 22.9 Å². The van der Waals surface area contributed by atoms with Gasteiger partial charge in [0, 0.05) is 4.88 Å². The predicted octanol–water partition coefficient (Wildman–Crippen LogP) is 3.46. The molecule has 9 heteroatoms. The van der Waals surface area contributed by atoms with E-state index in [-0.39, 0.29) is 8.68 Å². The average Bonchev–Trinajstić information content (AvgIpc) is 2.80. The van der Waals surface area contributed by atoms with E-state index in [1.54, 1.807) is 13.8 Å². The number of nitrogens with zero attached hydrogens (tertiary/aromatic N) is 2. The quantitative estimate of drug-likeness (QED) is 0.921. The second kappa shape index (κ2) is 5.33. The molecule has 0 bridgehead atoms. The lowest BCUT2D eigenvalue weighted by atomic mass is 10.2. The van der Waals surface area contributed by atoms with Crippen LogP contribution in [0.15, 0.2) is 4.21 Å². The van der Waals surface area contributed by atoms with E-state index in [9.17, 15) is 8.42 Å². The molecule has 0 aliphatic carbocycles. The maximum Gasteiger partial charge on any atom is 0.273 e. The third-order valence-corrected chi connectivity index (χ3v) is 7.17. The van der Waals surface area contributed by atoms with Gasteiger partial charge >= 0.3 is 0 Å². The molecule has 20 heavy (non-hydrogen) atoms. The number of anilines is 1. The minimum absolute atomic E-state index is 0.0649. The summed E-state index contributed by atoms with van der Waals surface area (Å²) in [7, 11) is -3.78. The van der Waals surface area contributed by atoms with E-state index in [2.05, 4.69) is 9.71 Å². The fraction of sp³-hybridized carbons (Fsp3) is 0.273. The number of nitriles is 1. The van der Waals surface area contributed by atoms with Crippen molar-refractivity contribution in [3.05, 3.63) is 26.2 Å². The van der Waals surface area contributed by atoms with Crippen molar-refractivity contribution in [3.8, 4) is 6.07 Å². The number of thiophene rings is 1. The number of rotatable bonds is 3. The third kappa shape index (κ3) is 2.67. The van der Waals surface area contributed by atoms with E-state index in [4.69, 9.17) is 16.9 Å². The molecular formula is C11H10ClN3O2S3. The van der Waals surface area contributed by atoms with Crippen LogP contribution in [0.1, 0.15) is 21.7 Å². The summed E-state index contributed by atoms with van der Waals surface area (Å²) in [6, 6.07) is 2.02. The first-order valence-electron chi connectivity index (χ1n) is 5.42. The Balaban J connectivity index is 2.47. The molecule has 0 fully saturated rings. The Morgan fingerprint density at radius 1 is 1.30 bits per heavy atom. The van der Waals surface area contributed by atoms with Crippen LogP contribution < -0.4 is 4.72 Å². The number of sulfonamides is 1. The first-order chi connectivity index (χ1) is 9.26. The van der Waals surface area contributed by atoms with E-state index in [0.717, 1.165) is 21.8 Å². The van der Waals surface area contributed by atoms with Gasteiger partial charge in [0.1, 0.15) is 11.1 Å². The molecule has 5 nitrogen and oxygen atoms in total. The first kappa shape index (κ1) is 15.3. The highest BCUT2D eigenvalue weighted by Crippen LogP contribution is 2.35. The summed E-state index contributed by atoms with van der Waals surface area (Å²) in [6.07, 6.45) is 0. The molecule has 0 aliphatic rings. The van der Waals surface area contributed by atoms with Gasteiger partial charge in [-0.2, -0.15) is 5.26 Å². The van der Waals surface area contributed by atoms with Crippen LogP contribution in [0.3, 0.4) is 0 Å². The van der Waals surface area contributed by atoms with Crippen LogP contribution in [0.25, 0.3) is 0 Å². The van der Waals surface area contributed by atoms with E-state index in [1.807, 2.05) is 13.0 Å². The normalized spacial score (nSPS) is 11.3. The van der Waals surface area contributed by atoms with Crippen molar-refractivity contribution in [1.82, 2.24) is 4.98 Å². The maximum absolute atomic E-state index is 12.3. The zero-order valence-corrected chi connectivity index (χ0v) is 14.0. The van der Waals surface area contributed by atoms with Crippen molar-refractivity contribution >= 4 is 49.3 Å². The fourth-order valence-electron chi connectivity index (χ4n) is 1.60. The molecule has 2 heterocycles. The highest BCUT2D eigenvalue weighted by molar-refractivity contribution is 7.95. The van der Waals surface area contributed by atoms with Crippen LogP contribution in [-0.4, -0.2) is 13.4 Å². The Labute approximate surface area is 129 Å². The summed E-state index contributed by atoms with van der Waals surface area (Å²) < 4.78 is 27.3. The van der Waals surface area contributed by atoms with E-state index < -0.39 is 10.0 Å². The summed E-state index contributed by atoms with van der Waals surface area (Å²) in [6.45, 7) is 5.21. The maximum atomic E-state index is 12.3. The number of halogens is 1. The van der Waals surface area contributed by atoms with Crippen LogP contribution in [0, 0.1) is 32.1 Å². The molecule has 1 N–H and O–H groups in total. The fourth-order valence-corrected chi connectivity index (χ4v) is 5.66. The predicted molar refractivity (Wildman–Crippen MR) is 81.2 cm³/mol. The van der Waals surface area contributed by atoms with Crippen LogP contribution in [-0.2, 0) is 10.0 Å². The highest BCUT2D eigenvalue weighted by Gasteiger charge is 2.24. The minimum atomic E-state index is -3.78. The molecule has 0 spiro atoms. The Kier molecular flexibility index (Phi) is 4.07. The third-order valence-electron chi connectivity index (χ3n) is 2.70. The number of nitrogens with one attached hydrogen (secondary N) is 1. The molecule has 0 amide bonds. The largest absolute Gasteiger partial charge is 0.273 e. The topological polar surface area (TPSA) is 82.8 Å². The van der Waals surface area contributed by atoms with Crippen molar-refractivity contribution in [2.24, 2.45) is 0 Å². The second-order valence-corrected chi connectivity index (χ2v) is 8.73. The van der Waals surface area contributed by atoms with Gasteiger partial charge in [0.05, 0.1) is 11.3 Å². The number of aromatic nitrogens is 1. The summed E-state index contributed by atoms with van der Waals surface area (Å²) in [5.74, 6) is 0. The Morgan fingerprint density at radius 3 is 2.45 bits per heavy atom. The van der Waals surface area contributed by atoms with Gasteiger partial charge in [0.15, 0.2) is 8.68 Å². The lowest BCUT2D eigenvalue weighted by Gasteiger charge is -2.04. The average molecular weight is 348 g/mol. The van der Waals surface area contributed by atoms with E-state index in [0.29, 0.717) is 16.3 Å². The summed E-state index contributed by atoms with van der Waals surface area (Å²) in [5.41, 5.74) is 1.48. The lowest BCUT2D eigenvalue weighted by molar-refractivity contribution is 0.602. The number of thiazole rings is 1. The van der Waals surface area contributed by atoms with Crippen molar-refractivity contribution in [2.75, 3.05) is 4.72 Å². The van der Waals surface area contributed by atoms with Gasteiger partial charge in [-0.3, -0.25) is 4.72 Å². The number of hydrogen-bond donors (Lipinski definition) is 1. The van der Waals surface area contributed by atoms with E-state index in [1.165, 1.54) is 11.3 Å². The van der Waals surface area contributed by atoms with Gasteiger partial charge in [0.25, 0.3) is 10.0 Å². The van der Waals surface area contributed by atoms with Crippen LogP contribution in [0.2, 0.25) is 4.47 Å². The molecule has 2 aromatic heterocycles. The zero-order valence-electron chi connectivity index (χ0n) is 10.8. The zero-order chi connectivity index (χ0) is 15.1. The Hall–Kier alpha value is -1.14. The van der Waals surface area contributed by atoms with Crippen molar-refractivity contribution in [2.45, 2.75) is 25.0 Å². The Bertz CT molecular complexity index is 815. The summed E-state index contributed by atoms with van der Waals surface area (Å²) in [5, 5.41) is 9.46. The number of hydrogen-bond acceptors (Lipinski definition) is 6. The van der Waals surface area contributed by atoms with Crippen LogP contribution in [0.5, 0.6) is 0 Å². The summed E-state index contributed by atoms with van der Waals surface area (Å²) >= 11 is 7.86. The SMILES string of the molecule is Cc1nc(Cl)sc1S(=O)(=O)Nc1sc(C)c(C)c1C#N. The van der Waals surface area contributed by atoms with Crippen LogP contribution in [0.4, 0.5) is 5.00 Å². The standard InChI is InChI=1S/C11H10ClN3O2S3/c1-5-7(3)18-9(8(5)4-13)15-20(16,17)10-6(2)14-11(12)19-10/h15H,1-3H3. The smallest absolute Gasteiger partial charge is 0.269 e. The molecule has 0 aromatic carbocycles. The molecule has 0 aliphatic heterocycles. The van der Waals surface area contributed by atoms with Gasteiger partial charge in [-0.05, 0) is 26.3 Å². The Morgan fingerprint density at radius 2 is 1.95 bits per heavy atom. The molecule has 0 saturated heterocycles. The monoisotopic (exact) mass is 347 g/mol. The van der Waals surface area contributed by atoms with Crippen molar-refractivity contribution in [1.29, 1.82) is 5.26 Å². The molecule has 106 valence electrons.